The maximum atomic E-state index is 9.95. The zero-order valence-electron chi connectivity index (χ0n) is 9.58. The summed E-state index contributed by atoms with van der Waals surface area (Å²) >= 11 is 6.03. The Morgan fingerprint density at radius 3 is 2.56 bits per heavy atom. The molecule has 0 saturated heterocycles. The van der Waals surface area contributed by atoms with E-state index in [0.717, 1.165) is 16.3 Å². The van der Waals surface area contributed by atoms with Crippen LogP contribution in [0.15, 0.2) is 24.4 Å². The molecule has 0 saturated carbocycles. The molecule has 1 heterocycles. The summed E-state index contributed by atoms with van der Waals surface area (Å²) in [5.41, 5.74) is 0.930. The Balaban J connectivity index is 2.92. The van der Waals surface area contributed by atoms with E-state index in [2.05, 4.69) is 25.8 Å². The molecule has 16 heavy (non-hydrogen) atoms. The van der Waals surface area contributed by atoms with E-state index >= 15 is 0 Å². The molecule has 0 fully saturated rings. The molecule has 3 heteroatoms. The molecule has 0 radical (unpaired) electrons. The summed E-state index contributed by atoms with van der Waals surface area (Å²) in [5.74, 6) is 0.256. The molecular weight excluding hydrogens is 222 g/mol. The van der Waals surface area contributed by atoms with Crippen molar-refractivity contribution < 1.29 is 5.11 Å². The third-order valence-electron chi connectivity index (χ3n) is 2.65. The highest BCUT2D eigenvalue weighted by atomic mass is 35.5. The fourth-order valence-corrected chi connectivity index (χ4v) is 2.03. The number of hydrogen-bond donors (Lipinski definition) is 1. The zero-order chi connectivity index (χ0) is 11.9. The van der Waals surface area contributed by atoms with Crippen LogP contribution in [0.25, 0.3) is 10.8 Å². The van der Waals surface area contributed by atoms with Gasteiger partial charge in [0, 0.05) is 17.0 Å². The number of phenols is 1. The fourth-order valence-electron chi connectivity index (χ4n) is 1.82. The molecule has 2 aromatic rings. The topological polar surface area (TPSA) is 33.1 Å². The first-order chi connectivity index (χ1) is 7.41. The average molecular weight is 236 g/mol. The second kappa shape index (κ2) is 3.63. The van der Waals surface area contributed by atoms with Crippen molar-refractivity contribution in [3.8, 4) is 5.75 Å². The van der Waals surface area contributed by atoms with Crippen LogP contribution in [0.4, 0.5) is 0 Å². The maximum Gasteiger partial charge on any atom is 0.136 e. The number of aromatic hydroxyl groups is 1. The molecule has 0 aliphatic carbocycles. The minimum absolute atomic E-state index is 0.0747. The second-order valence-electron chi connectivity index (χ2n) is 4.91. The summed E-state index contributed by atoms with van der Waals surface area (Å²) < 4.78 is 0. The number of nitrogens with zero attached hydrogens (tertiary/aromatic N) is 1. The summed E-state index contributed by atoms with van der Waals surface area (Å²) in [6, 6.07) is 5.32. The first-order valence-corrected chi connectivity index (χ1v) is 5.56. The molecule has 1 N–H and O–H groups in total. The molecular formula is C13H14ClNO. The zero-order valence-corrected chi connectivity index (χ0v) is 10.3. The van der Waals surface area contributed by atoms with Gasteiger partial charge in [0.25, 0.3) is 0 Å². The fraction of sp³-hybridized carbons (Fsp3) is 0.308. The van der Waals surface area contributed by atoms with E-state index in [4.69, 9.17) is 11.6 Å². The van der Waals surface area contributed by atoms with Crippen LogP contribution in [0.1, 0.15) is 26.3 Å². The number of halogens is 1. The number of fused-ring (bicyclic) bond motifs is 1. The lowest BCUT2D eigenvalue weighted by Crippen LogP contribution is -2.12. The van der Waals surface area contributed by atoms with E-state index in [9.17, 15) is 5.11 Å². The minimum Gasteiger partial charge on any atom is -0.507 e. The highest BCUT2D eigenvalue weighted by Gasteiger charge is 2.20. The van der Waals surface area contributed by atoms with Crippen molar-refractivity contribution in [1.29, 1.82) is 0 Å². The van der Waals surface area contributed by atoms with Gasteiger partial charge in [-0.2, -0.15) is 0 Å². The van der Waals surface area contributed by atoms with Crippen LogP contribution < -0.4 is 0 Å². The Bertz CT molecular complexity index is 543. The van der Waals surface area contributed by atoms with Gasteiger partial charge in [-0.05, 0) is 17.0 Å². The Morgan fingerprint density at radius 1 is 1.25 bits per heavy atom. The summed E-state index contributed by atoms with van der Waals surface area (Å²) in [6.07, 6.45) is 1.74. The molecule has 84 valence electrons. The summed E-state index contributed by atoms with van der Waals surface area (Å²) in [5, 5.41) is 12.0. The van der Waals surface area contributed by atoms with Gasteiger partial charge in [-0.25, -0.2) is 4.98 Å². The van der Waals surface area contributed by atoms with Gasteiger partial charge in [-0.15, -0.1) is 0 Å². The number of hydrogen-bond acceptors (Lipinski definition) is 2. The predicted octanol–water partition coefficient (Wildman–Crippen LogP) is 3.89. The van der Waals surface area contributed by atoms with E-state index in [0.29, 0.717) is 5.15 Å². The van der Waals surface area contributed by atoms with Gasteiger partial charge in [0.05, 0.1) is 0 Å². The van der Waals surface area contributed by atoms with Crippen LogP contribution in [0.2, 0.25) is 5.15 Å². The number of phenolic OH excluding ortho intramolecular Hbond substituents is 1. The summed E-state index contributed by atoms with van der Waals surface area (Å²) in [4.78, 5) is 4.17. The SMILES string of the molecule is CC(C)(C)c1cnc(Cl)c2cccc(O)c12. The van der Waals surface area contributed by atoms with E-state index < -0.39 is 0 Å². The first-order valence-electron chi connectivity index (χ1n) is 5.18. The van der Waals surface area contributed by atoms with Crippen molar-refractivity contribution in [2.45, 2.75) is 26.2 Å². The standard InChI is InChI=1S/C13H14ClNO/c1-13(2,3)9-7-15-12(14)8-5-4-6-10(16)11(8)9/h4-7,16H,1-3H3. The van der Waals surface area contributed by atoms with Crippen LogP contribution in [-0.4, -0.2) is 10.1 Å². The maximum absolute atomic E-state index is 9.95. The third kappa shape index (κ3) is 1.74. The van der Waals surface area contributed by atoms with Crippen LogP contribution in [0, 0.1) is 0 Å². The summed E-state index contributed by atoms with van der Waals surface area (Å²) in [7, 11) is 0. The Kier molecular flexibility index (Phi) is 2.55. The van der Waals surface area contributed by atoms with Crippen molar-refractivity contribution in [3.05, 3.63) is 35.1 Å². The summed E-state index contributed by atoms with van der Waals surface area (Å²) in [6.45, 7) is 6.26. The lowest BCUT2D eigenvalue weighted by molar-refractivity contribution is 0.479. The molecule has 2 nitrogen and oxygen atoms in total. The Hall–Kier alpha value is -1.28. The number of aromatic nitrogens is 1. The van der Waals surface area contributed by atoms with E-state index in [1.54, 1.807) is 18.3 Å². The number of pyridine rings is 1. The largest absolute Gasteiger partial charge is 0.507 e. The predicted molar refractivity (Wildman–Crippen MR) is 67.1 cm³/mol. The van der Waals surface area contributed by atoms with Crippen LogP contribution in [0.5, 0.6) is 5.75 Å². The molecule has 0 bridgehead atoms. The Morgan fingerprint density at radius 2 is 1.94 bits per heavy atom. The van der Waals surface area contributed by atoms with E-state index in [1.165, 1.54) is 0 Å². The van der Waals surface area contributed by atoms with E-state index in [1.807, 2.05) is 6.07 Å². The first kappa shape index (κ1) is 11.2. The molecule has 0 spiro atoms. The molecule has 0 amide bonds. The Labute approximate surface area is 99.9 Å². The number of rotatable bonds is 0. The highest BCUT2D eigenvalue weighted by molar-refractivity contribution is 6.34. The molecule has 0 atom stereocenters. The van der Waals surface area contributed by atoms with Gasteiger partial charge >= 0.3 is 0 Å². The highest BCUT2D eigenvalue weighted by Crippen LogP contribution is 2.36. The van der Waals surface area contributed by atoms with Gasteiger partial charge in [0.2, 0.25) is 0 Å². The lowest BCUT2D eigenvalue weighted by Gasteiger charge is -2.21. The van der Waals surface area contributed by atoms with Crippen molar-refractivity contribution in [1.82, 2.24) is 4.98 Å². The molecule has 1 aromatic carbocycles. The lowest BCUT2D eigenvalue weighted by atomic mass is 9.85. The second-order valence-corrected chi connectivity index (χ2v) is 5.27. The van der Waals surface area contributed by atoms with Gasteiger partial charge in [0.15, 0.2) is 0 Å². The van der Waals surface area contributed by atoms with Crippen LogP contribution >= 0.6 is 11.6 Å². The van der Waals surface area contributed by atoms with Crippen molar-refractivity contribution in [3.63, 3.8) is 0 Å². The van der Waals surface area contributed by atoms with Gasteiger partial charge in [-0.3, -0.25) is 0 Å². The van der Waals surface area contributed by atoms with Gasteiger partial charge < -0.3 is 5.11 Å². The van der Waals surface area contributed by atoms with E-state index in [-0.39, 0.29) is 11.2 Å². The van der Waals surface area contributed by atoms with Crippen molar-refractivity contribution in [2.75, 3.05) is 0 Å². The molecule has 2 rings (SSSR count). The third-order valence-corrected chi connectivity index (χ3v) is 2.95. The van der Waals surface area contributed by atoms with Crippen LogP contribution in [0.3, 0.4) is 0 Å². The molecule has 0 unspecified atom stereocenters. The molecule has 0 aliphatic rings. The number of benzene rings is 1. The molecule has 0 aliphatic heterocycles. The minimum atomic E-state index is -0.0747. The smallest absolute Gasteiger partial charge is 0.136 e. The van der Waals surface area contributed by atoms with Crippen molar-refractivity contribution in [2.24, 2.45) is 0 Å². The van der Waals surface area contributed by atoms with Crippen molar-refractivity contribution >= 4 is 22.4 Å². The quantitative estimate of drug-likeness (QED) is 0.703. The monoisotopic (exact) mass is 235 g/mol. The van der Waals surface area contributed by atoms with Gasteiger partial charge in [0.1, 0.15) is 10.9 Å². The average Bonchev–Trinajstić information content (AvgIpc) is 2.18. The molecule has 1 aromatic heterocycles. The van der Waals surface area contributed by atoms with Gasteiger partial charge in [-0.1, -0.05) is 44.5 Å². The van der Waals surface area contributed by atoms with Crippen LogP contribution in [-0.2, 0) is 5.41 Å². The normalized spacial score (nSPS) is 12.0.